The number of rotatable bonds is 4. The average Bonchev–Trinajstić information content (AvgIpc) is 2.84. The lowest BCUT2D eigenvalue weighted by Crippen LogP contribution is -2.17. The second-order valence-electron chi connectivity index (χ2n) is 4.74. The third kappa shape index (κ3) is 2.38. The van der Waals surface area contributed by atoms with Gasteiger partial charge in [0.05, 0.1) is 31.7 Å². The van der Waals surface area contributed by atoms with Crippen LogP contribution >= 0.6 is 0 Å². The van der Waals surface area contributed by atoms with E-state index in [9.17, 15) is 4.79 Å². The Labute approximate surface area is 121 Å². The zero-order chi connectivity index (χ0) is 14.8. The maximum absolute atomic E-state index is 12.3. The van der Waals surface area contributed by atoms with Crippen molar-refractivity contribution in [3.05, 3.63) is 58.4 Å². The molecule has 5 nitrogen and oxygen atoms in total. The first-order chi connectivity index (χ1) is 10.2. The molecule has 0 unspecified atom stereocenters. The highest BCUT2D eigenvalue weighted by atomic mass is 16.5. The SMILES string of the molecule is COc1ccc(Cn2[nH]c3ccccc3c2=O)cc1OC. The molecule has 3 rings (SSSR count). The van der Waals surface area contributed by atoms with Crippen LogP contribution in [0.5, 0.6) is 11.5 Å². The zero-order valence-electron chi connectivity index (χ0n) is 11.9. The van der Waals surface area contributed by atoms with Crippen molar-refractivity contribution in [3.8, 4) is 11.5 Å². The maximum Gasteiger partial charge on any atom is 0.274 e. The van der Waals surface area contributed by atoms with Gasteiger partial charge in [-0.15, -0.1) is 0 Å². The number of nitrogens with one attached hydrogen (secondary N) is 1. The van der Waals surface area contributed by atoms with E-state index < -0.39 is 0 Å². The summed E-state index contributed by atoms with van der Waals surface area (Å²) in [6.07, 6.45) is 0. The molecule has 5 heteroatoms. The second-order valence-corrected chi connectivity index (χ2v) is 4.74. The summed E-state index contributed by atoms with van der Waals surface area (Å²) in [5.41, 5.74) is 1.77. The van der Waals surface area contributed by atoms with E-state index in [-0.39, 0.29) is 5.56 Å². The highest BCUT2D eigenvalue weighted by Crippen LogP contribution is 2.27. The van der Waals surface area contributed by atoms with Gasteiger partial charge in [0.25, 0.3) is 5.56 Å². The average molecular weight is 284 g/mol. The summed E-state index contributed by atoms with van der Waals surface area (Å²) in [6, 6.07) is 13.1. The van der Waals surface area contributed by atoms with Gasteiger partial charge in [0.2, 0.25) is 0 Å². The number of aromatic amines is 1. The number of nitrogens with zero attached hydrogens (tertiary/aromatic N) is 1. The molecule has 0 fully saturated rings. The van der Waals surface area contributed by atoms with E-state index >= 15 is 0 Å². The third-order valence-electron chi connectivity index (χ3n) is 3.45. The van der Waals surface area contributed by atoms with Crippen LogP contribution in [0.4, 0.5) is 0 Å². The monoisotopic (exact) mass is 284 g/mol. The minimum Gasteiger partial charge on any atom is -0.493 e. The fourth-order valence-electron chi connectivity index (χ4n) is 2.38. The maximum atomic E-state index is 12.3. The Bertz CT molecular complexity index is 833. The predicted molar refractivity (Wildman–Crippen MR) is 81.2 cm³/mol. The van der Waals surface area contributed by atoms with Crippen molar-refractivity contribution in [3.63, 3.8) is 0 Å². The van der Waals surface area contributed by atoms with Crippen molar-refractivity contribution in [2.24, 2.45) is 0 Å². The highest BCUT2D eigenvalue weighted by Gasteiger charge is 2.08. The van der Waals surface area contributed by atoms with Crippen molar-refractivity contribution < 1.29 is 9.47 Å². The summed E-state index contributed by atoms with van der Waals surface area (Å²) in [5, 5.41) is 3.80. The number of methoxy groups -OCH3 is 2. The Morgan fingerprint density at radius 2 is 1.81 bits per heavy atom. The summed E-state index contributed by atoms with van der Waals surface area (Å²) in [5.74, 6) is 1.32. The Hall–Kier alpha value is -2.69. The van der Waals surface area contributed by atoms with E-state index in [4.69, 9.17) is 9.47 Å². The molecule has 0 aliphatic heterocycles. The fourth-order valence-corrected chi connectivity index (χ4v) is 2.38. The molecule has 0 atom stereocenters. The molecule has 0 aliphatic rings. The van der Waals surface area contributed by atoms with Gasteiger partial charge in [-0.3, -0.25) is 9.89 Å². The van der Waals surface area contributed by atoms with Crippen molar-refractivity contribution in [2.75, 3.05) is 14.2 Å². The quantitative estimate of drug-likeness (QED) is 0.800. The summed E-state index contributed by atoms with van der Waals surface area (Å²) >= 11 is 0. The number of H-pyrrole nitrogens is 1. The molecule has 1 N–H and O–H groups in total. The Morgan fingerprint density at radius 1 is 1.05 bits per heavy atom. The fraction of sp³-hybridized carbons (Fsp3) is 0.188. The van der Waals surface area contributed by atoms with Crippen LogP contribution in [0.3, 0.4) is 0 Å². The molecular weight excluding hydrogens is 268 g/mol. The van der Waals surface area contributed by atoms with Crippen LogP contribution in [0.2, 0.25) is 0 Å². The molecule has 0 aliphatic carbocycles. The van der Waals surface area contributed by atoms with E-state index in [1.54, 1.807) is 18.9 Å². The van der Waals surface area contributed by atoms with Crippen LogP contribution in [0, 0.1) is 0 Å². The zero-order valence-corrected chi connectivity index (χ0v) is 11.9. The van der Waals surface area contributed by atoms with Crippen molar-refractivity contribution in [1.82, 2.24) is 9.78 Å². The minimum atomic E-state index is -0.0274. The van der Waals surface area contributed by atoms with Gasteiger partial charge in [0.1, 0.15) is 0 Å². The topological polar surface area (TPSA) is 56.2 Å². The number of fused-ring (bicyclic) bond motifs is 1. The summed E-state index contributed by atoms with van der Waals surface area (Å²) in [6.45, 7) is 0.452. The van der Waals surface area contributed by atoms with E-state index in [0.29, 0.717) is 23.4 Å². The molecule has 108 valence electrons. The van der Waals surface area contributed by atoms with Crippen molar-refractivity contribution in [1.29, 1.82) is 0 Å². The third-order valence-corrected chi connectivity index (χ3v) is 3.45. The lowest BCUT2D eigenvalue weighted by atomic mass is 10.2. The first kappa shape index (κ1) is 13.3. The number of benzene rings is 2. The molecule has 0 bridgehead atoms. The minimum absolute atomic E-state index is 0.0274. The van der Waals surface area contributed by atoms with E-state index in [1.807, 2.05) is 42.5 Å². The Kier molecular flexibility index (Phi) is 3.39. The van der Waals surface area contributed by atoms with Crippen molar-refractivity contribution in [2.45, 2.75) is 6.54 Å². The van der Waals surface area contributed by atoms with Gasteiger partial charge in [-0.2, -0.15) is 0 Å². The molecule has 21 heavy (non-hydrogen) atoms. The lowest BCUT2D eigenvalue weighted by Gasteiger charge is -2.09. The normalized spacial score (nSPS) is 10.8. The summed E-state index contributed by atoms with van der Waals surface area (Å²) < 4.78 is 12.1. The predicted octanol–water partition coefficient (Wildman–Crippen LogP) is 2.40. The van der Waals surface area contributed by atoms with Gasteiger partial charge in [-0.1, -0.05) is 18.2 Å². The van der Waals surface area contributed by atoms with Gasteiger partial charge < -0.3 is 9.47 Å². The molecule has 2 aromatic carbocycles. The Balaban J connectivity index is 1.99. The van der Waals surface area contributed by atoms with E-state index in [1.165, 1.54) is 0 Å². The number of ether oxygens (including phenoxy) is 2. The van der Waals surface area contributed by atoms with Crippen molar-refractivity contribution >= 4 is 10.9 Å². The van der Waals surface area contributed by atoms with Crippen LogP contribution in [-0.4, -0.2) is 24.0 Å². The van der Waals surface area contributed by atoms with Gasteiger partial charge in [-0.25, -0.2) is 4.68 Å². The molecule has 0 saturated carbocycles. The molecule has 1 heterocycles. The largest absolute Gasteiger partial charge is 0.493 e. The second kappa shape index (κ2) is 5.36. The number of aromatic nitrogens is 2. The van der Waals surface area contributed by atoms with Crippen LogP contribution in [0.15, 0.2) is 47.3 Å². The molecule has 3 aromatic rings. The smallest absolute Gasteiger partial charge is 0.274 e. The van der Waals surface area contributed by atoms with Crippen LogP contribution in [0.1, 0.15) is 5.56 Å². The molecule has 1 aromatic heterocycles. The van der Waals surface area contributed by atoms with Crippen LogP contribution in [-0.2, 0) is 6.54 Å². The molecule has 0 spiro atoms. The van der Waals surface area contributed by atoms with Gasteiger partial charge in [0, 0.05) is 0 Å². The van der Waals surface area contributed by atoms with Gasteiger partial charge >= 0.3 is 0 Å². The van der Waals surface area contributed by atoms with E-state index in [2.05, 4.69) is 5.10 Å². The van der Waals surface area contributed by atoms with Gasteiger partial charge in [-0.05, 0) is 29.8 Å². The number of hydrogen-bond acceptors (Lipinski definition) is 3. The number of para-hydroxylation sites is 1. The molecule has 0 saturated heterocycles. The highest BCUT2D eigenvalue weighted by molar-refractivity contribution is 5.77. The van der Waals surface area contributed by atoms with Crippen LogP contribution < -0.4 is 15.0 Å². The standard InChI is InChI=1S/C16H16N2O3/c1-20-14-8-7-11(9-15(14)21-2)10-18-16(19)12-5-3-4-6-13(12)17-18/h3-9,17H,10H2,1-2H3. The summed E-state index contributed by atoms with van der Waals surface area (Å²) in [7, 11) is 3.19. The Morgan fingerprint density at radius 3 is 2.52 bits per heavy atom. The summed E-state index contributed by atoms with van der Waals surface area (Å²) in [4.78, 5) is 12.3. The van der Waals surface area contributed by atoms with E-state index in [0.717, 1.165) is 11.1 Å². The van der Waals surface area contributed by atoms with Gasteiger partial charge in [0.15, 0.2) is 11.5 Å². The molecule has 0 amide bonds. The lowest BCUT2D eigenvalue weighted by molar-refractivity contribution is 0.354. The number of hydrogen-bond donors (Lipinski definition) is 1. The molecule has 0 radical (unpaired) electrons. The molecular formula is C16H16N2O3. The first-order valence-corrected chi connectivity index (χ1v) is 6.61. The van der Waals surface area contributed by atoms with Crippen LogP contribution in [0.25, 0.3) is 10.9 Å². The first-order valence-electron chi connectivity index (χ1n) is 6.61.